The van der Waals surface area contributed by atoms with Gasteiger partial charge in [-0.2, -0.15) is 0 Å². The SMILES string of the molecule is CC#CC1(O)CC[C@@]2(Cc3cccc(N(C)C)c3)c3ccc(O)cc3CC[C@@H]2C1. The Morgan fingerprint density at radius 1 is 1.14 bits per heavy atom. The maximum Gasteiger partial charge on any atom is 0.125 e. The monoisotopic (exact) mass is 389 g/mol. The minimum absolute atomic E-state index is 0.0200. The molecule has 0 saturated heterocycles. The van der Waals surface area contributed by atoms with E-state index >= 15 is 0 Å². The van der Waals surface area contributed by atoms with Crippen molar-refractivity contribution in [1.82, 2.24) is 0 Å². The first-order chi connectivity index (χ1) is 13.8. The molecule has 2 aliphatic carbocycles. The molecule has 0 radical (unpaired) electrons. The van der Waals surface area contributed by atoms with Crippen LogP contribution < -0.4 is 4.90 Å². The lowest BCUT2D eigenvalue weighted by Crippen LogP contribution is -2.50. The number of benzene rings is 2. The summed E-state index contributed by atoms with van der Waals surface area (Å²) in [5.74, 6) is 6.76. The van der Waals surface area contributed by atoms with Crippen molar-refractivity contribution in [2.24, 2.45) is 5.92 Å². The van der Waals surface area contributed by atoms with Gasteiger partial charge in [-0.25, -0.2) is 0 Å². The van der Waals surface area contributed by atoms with Crippen LogP contribution in [0.15, 0.2) is 42.5 Å². The highest BCUT2D eigenvalue weighted by Crippen LogP contribution is 2.54. The molecule has 1 unspecified atom stereocenters. The predicted molar refractivity (Wildman–Crippen MR) is 118 cm³/mol. The highest BCUT2D eigenvalue weighted by Gasteiger charge is 2.51. The lowest BCUT2D eigenvalue weighted by Gasteiger charge is -2.52. The average molecular weight is 390 g/mol. The molecule has 0 spiro atoms. The van der Waals surface area contributed by atoms with E-state index in [-0.39, 0.29) is 5.41 Å². The second-order valence-electron chi connectivity index (χ2n) is 9.09. The standard InChI is InChI=1S/C26H31NO2/c1-4-12-25(29)13-14-26(17-19-6-5-7-22(15-19)27(2)3)21(18-25)9-8-20-16-23(28)10-11-24(20)26/h5-7,10-11,15-16,21,28-29H,8-9,13-14,17-18H2,1-3H3/t21-,25?,26+/m1/s1. The molecule has 3 atom stereocenters. The van der Waals surface area contributed by atoms with Gasteiger partial charge in [0.1, 0.15) is 11.4 Å². The van der Waals surface area contributed by atoms with E-state index in [1.54, 1.807) is 0 Å². The zero-order chi connectivity index (χ0) is 20.6. The quantitative estimate of drug-likeness (QED) is 0.763. The second-order valence-corrected chi connectivity index (χ2v) is 9.09. The van der Waals surface area contributed by atoms with Gasteiger partial charge < -0.3 is 15.1 Å². The van der Waals surface area contributed by atoms with E-state index in [4.69, 9.17) is 0 Å². The average Bonchev–Trinajstić information content (AvgIpc) is 2.68. The Morgan fingerprint density at radius 3 is 2.72 bits per heavy atom. The number of hydrogen-bond donors (Lipinski definition) is 2. The number of fused-ring (bicyclic) bond motifs is 3. The van der Waals surface area contributed by atoms with Crippen molar-refractivity contribution in [3.63, 3.8) is 0 Å². The van der Waals surface area contributed by atoms with E-state index in [9.17, 15) is 10.2 Å². The molecule has 0 amide bonds. The maximum atomic E-state index is 11.1. The molecule has 1 fully saturated rings. The number of hydrogen-bond acceptors (Lipinski definition) is 3. The van der Waals surface area contributed by atoms with Crippen LogP contribution in [0.1, 0.15) is 49.3 Å². The number of nitrogens with zero attached hydrogens (tertiary/aromatic N) is 1. The van der Waals surface area contributed by atoms with Gasteiger partial charge in [-0.15, -0.1) is 5.92 Å². The topological polar surface area (TPSA) is 43.7 Å². The Hall–Kier alpha value is -2.44. The van der Waals surface area contributed by atoms with Gasteiger partial charge in [0.15, 0.2) is 0 Å². The maximum absolute atomic E-state index is 11.1. The third kappa shape index (κ3) is 3.63. The van der Waals surface area contributed by atoms with Crippen LogP contribution >= 0.6 is 0 Å². The smallest absolute Gasteiger partial charge is 0.125 e. The van der Waals surface area contributed by atoms with Crippen molar-refractivity contribution in [2.45, 2.75) is 56.5 Å². The number of aryl methyl sites for hydroxylation is 1. The summed E-state index contributed by atoms with van der Waals surface area (Å²) in [5.41, 5.74) is 4.26. The Bertz CT molecular complexity index is 970. The molecule has 3 nitrogen and oxygen atoms in total. The number of phenols is 1. The molecule has 0 heterocycles. The van der Waals surface area contributed by atoms with Crippen LogP contribution in [0.4, 0.5) is 5.69 Å². The van der Waals surface area contributed by atoms with Crippen molar-refractivity contribution in [1.29, 1.82) is 0 Å². The van der Waals surface area contributed by atoms with Crippen LogP contribution in [0.5, 0.6) is 5.75 Å². The summed E-state index contributed by atoms with van der Waals surface area (Å²) in [6, 6.07) is 14.7. The van der Waals surface area contributed by atoms with Gasteiger partial charge in [0, 0.05) is 25.2 Å². The summed E-state index contributed by atoms with van der Waals surface area (Å²) in [4.78, 5) is 2.14. The number of aromatic hydroxyl groups is 1. The van der Waals surface area contributed by atoms with Crippen LogP contribution in [0.2, 0.25) is 0 Å². The van der Waals surface area contributed by atoms with Crippen LogP contribution in [0.25, 0.3) is 0 Å². The van der Waals surface area contributed by atoms with Gasteiger partial charge in [-0.05, 0) is 92.3 Å². The minimum Gasteiger partial charge on any atom is -0.508 e. The van der Waals surface area contributed by atoms with Crippen molar-refractivity contribution in [3.8, 4) is 17.6 Å². The molecule has 4 rings (SSSR count). The Labute approximate surface area is 174 Å². The molecule has 0 aliphatic heterocycles. The zero-order valence-electron chi connectivity index (χ0n) is 17.7. The van der Waals surface area contributed by atoms with E-state index in [0.29, 0.717) is 18.1 Å². The third-order valence-electron chi connectivity index (χ3n) is 7.04. The first-order valence-electron chi connectivity index (χ1n) is 10.6. The molecule has 0 bridgehead atoms. The van der Waals surface area contributed by atoms with E-state index in [0.717, 1.165) is 32.1 Å². The van der Waals surface area contributed by atoms with Gasteiger partial charge >= 0.3 is 0 Å². The molecule has 2 aromatic rings. The molecule has 3 heteroatoms. The number of aliphatic hydroxyl groups is 1. The van der Waals surface area contributed by atoms with E-state index < -0.39 is 5.60 Å². The van der Waals surface area contributed by atoms with Crippen LogP contribution in [0.3, 0.4) is 0 Å². The third-order valence-corrected chi connectivity index (χ3v) is 7.04. The van der Waals surface area contributed by atoms with Gasteiger partial charge in [0.25, 0.3) is 0 Å². The summed E-state index contributed by atoms with van der Waals surface area (Å²) in [5, 5.41) is 21.1. The van der Waals surface area contributed by atoms with Gasteiger partial charge in [-0.1, -0.05) is 24.1 Å². The molecule has 2 aliphatic rings. The fourth-order valence-corrected chi connectivity index (χ4v) is 5.66. The van der Waals surface area contributed by atoms with Crippen molar-refractivity contribution in [2.75, 3.05) is 19.0 Å². The molecule has 152 valence electrons. The molecule has 1 saturated carbocycles. The second kappa shape index (κ2) is 7.43. The normalized spacial score (nSPS) is 27.9. The van der Waals surface area contributed by atoms with Gasteiger partial charge in [0.05, 0.1) is 0 Å². The van der Waals surface area contributed by atoms with Crippen LogP contribution in [-0.2, 0) is 18.3 Å². The predicted octanol–water partition coefficient (Wildman–Crippen LogP) is 4.44. The molecule has 0 aromatic heterocycles. The zero-order valence-corrected chi connectivity index (χ0v) is 17.7. The minimum atomic E-state index is -0.872. The lowest BCUT2D eigenvalue weighted by molar-refractivity contribution is -0.00804. The number of phenolic OH excluding ortho intramolecular Hbond substituents is 1. The number of rotatable bonds is 3. The van der Waals surface area contributed by atoms with Crippen molar-refractivity contribution in [3.05, 3.63) is 59.2 Å². The summed E-state index contributed by atoms with van der Waals surface area (Å²) >= 11 is 0. The fraction of sp³-hybridized carbons (Fsp3) is 0.462. The molecule has 2 N–H and O–H groups in total. The summed E-state index contributed by atoms with van der Waals surface area (Å²) in [6.45, 7) is 1.81. The Morgan fingerprint density at radius 2 is 1.97 bits per heavy atom. The molecule has 29 heavy (non-hydrogen) atoms. The van der Waals surface area contributed by atoms with E-state index in [1.165, 1.54) is 22.4 Å². The van der Waals surface area contributed by atoms with Crippen LogP contribution in [-0.4, -0.2) is 29.9 Å². The van der Waals surface area contributed by atoms with Crippen LogP contribution in [0, 0.1) is 17.8 Å². The summed E-state index contributed by atoms with van der Waals surface area (Å²) in [7, 11) is 4.14. The van der Waals surface area contributed by atoms with Gasteiger partial charge in [-0.3, -0.25) is 0 Å². The molecular weight excluding hydrogens is 358 g/mol. The van der Waals surface area contributed by atoms with Crippen molar-refractivity contribution < 1.29 is 10.2 Å². The number of anilines is 1. The largest absolute Gasteiger partial charge is 0.508 e. The molecule has 2 aromatic carbocycles. The Balaban J connectivity index is 1.78. The Kier molecular flexibility index (Phi) is 5.09. The fourth-order valence-electron chi connectivity index (χ4n) is 5.66. The first-order valence-corrected chi connectivity index (χ1v) is 10.6. The molecular formula is C26H31NO2. The van der Waals surface area contributed by atoms with E-state index in [1.807, 2.05) is 19.1 Å². The van der Waals surface area contributed by atoms with E-state index in [2.05, 4.69) is 61.2 Å². The highest BCUT2D eigenvalue weighted by molar-refractivity contribution is 5.49. The highest BCUT2D eigenvalue weighted by atomic mass is 16.3. The van der Waals surface area contributed by atoms with Gasteiger partial charge in [0.2, 0.25) is 0 Å². The lowest BCUT2D eigenvalue weighted by atomic mass is 9.52. The summed E-state index contributed by atoms with van der Waals surface area (Å²) < 4.78 is 0. The van der Waals surface area contributed by atoms with Crippen molar-refractivity contribution >= 4 is 5.69 Å². The summed E-state index contributed by atoms with van der Waals surface area (Å²) in [6.07, 6.45) is 5.25. The first kappa shape index (κ1) is 19.9.